The topological polar surface area (TPSA) is 119 Å². The smallest absolute Gasteiger partial charge is 0.284 e. The van der Waals surface area contributed by atoms with Crippen LogP contribution in [0.2, 0.25) is 0 Å². The number of hydrogen-bond acceptors (Lipinski definition) is 2. The van der Waals surface area contributed by atoms with E-state index < -0.39 is 23.3 Å². The van der Waals surface area contributed by atoms with Crippen LogP contribution in [0.3, 0.4) is 0 Å². The summed E-state index contributed by atoms with van der Waals surface area (Å²) >= 11 is 0. The molecule has 1 aliphatic heterocycles. The van der Waals surface area contributed by atoms with Gasteiger partial charge in [-0.25, -0.2) is 4.99 Å². The fourth-order valence-electron chi connectivity index (χ4n) is 2.86. The first kappa shape index (κ1) is 21.4. The number of nitrogens with zero attached hydrogens (tertiary/aromatic N) is 5. The summed E-state index contributed by atoms with van der Waals surface area (Å²) in [5.41, 5.74) is 26.7. The first-order valence-electron chi connectivity index (χ1n) is 7.89. The van der Waals surface area contributed by atoms with E-state index in [1.165, 1.54) is 18.2 Å². The predicted molar refractivity (Wildman–Crippen MR) is 94.4 cm³/mol. The molecule has 1 aromatic rings. The monoisotopic (exact) mass is 373 g/mol. The highest BCUT2D eigenvalue weighted by Gasteiger charge is 2.56. The minimum absolute atomic E-state index is 0.151. The maximum absolute atomic E-state index is 12.6. The summed E-state index contributed by atoms with van der Waals surface area (Å²) in [5.74, 6) is -2.18. The second-order valence-electron chi connectivity index (χ2n) is 5.66. The highest BCUT2D eigenvalue weighted by Crippen LogP contribution is 2.57. The molecule has 0 saturated carbocycles. The number of carbonyl (C=O) groups excluding carboxylic acids is 1. The molecule has 3 rings (SSSR count). The molecule has 2 bridgehead atoms. The lowest BCUT2D eigenvalue weighted by Gasteiger charge is -2.53. The maximum atomic E-state index is 12.6. The average Bonchev–Trinajstić information content (AvgIpc) is 2.70. The van der Waals surface area contributed by atoms with Crippen molar-refractivity contribution in [1.82, 2.24) is 22.1 Å². The molecule has 1 atom stereocenters. The Morgan fingerprint density at radius 2 is 2.00 bits per heavy atom. The van der Waals surface area contributed by atoms with Gasteiger partial charge < -0.3 is 4.90 Å². The number of fused-ring (bicyclic) bond motifs is 4. The number of piperidine rings is 1. The number of amides is 1. The zero-order valence-electron chi connectivity index (χ0n) is 14.7. The fourth-order valence-corrected chi connectivity index (χ4v) is 2.86. The van der Waals surface area contributed by atoms with Gasteiger partial charge >= 0.3 is 0 Å². The normalized spacial score (nSPS) is 21.9. The number of rotatable bonds is 7. The third-order valence-electron chi connectivity index (χ3n) is 4.08. The summed E-state index contributed by atoms with van der Waals surface area (Å²) in [6, 6.07) is 3.52. The Morgan fingerprint density at radius 3 is 2.66 bits per heavy atom. The molecule has 7 heteroatoms. The standard InChI is InChI=1S/C22H7N5O2/c1-3-16-19-12-14-7-8-15(28)13-17(14)22(16,4-2)9-11-27(19)20(29)18(23)6-5-10-26-21(24)25/h7-8,13H,1-2H2. The Balaban J connectivity index is 1.82. The van der Waals surface area contributed by atoms with Crippen LogP contribution >= 0.6 is 0 Å². The second kappa shape index (κ2) is 8.61. The van der Waals surface area contributed by atoms with Crippen molar-refractivity contribution in [2.75, 3.05) is 0 Å². The molecular weight excluding hydrogens is 366 g/mol. The lowest BCUT2D eigenvalue weighted by Crippen LogP contribution is -2.54. The van der Waals surface area contributed by atoms with E-state index in [4.69, 9.17) is 11.5 Å². The van der Waals surface area contributed by atoms with Gasteiger partial charge in [0.1, 0.15) is 13.1 Å². The number of likely N-dealkylation sites (tertiary alicyclic amines) is 1. The lowest BCUT2D eigenvalue weighted by molar-refractivity contribution is -0.127. The van der Waals surface area contributed by atoms with Crippen molar-refractivity contribution < 1.29 is 9.90 Å². The zero-order valence-corrected chi connectivity index (χ0v) is 14.7. The minimum Gasteiger partial charge on any atom is -0.320 e. The fraction of sp³-hybridized carbons (Fsp3) is 0.0455. The number of aliphatic imine (C=N–C) groups is 1. The average molecular weight is 373 g/mol. The number of guanidine groups is 1. The van der Waals surface area contributed by atoms with Gasteiger partial charge in [0.05, 0.1) is 6.04 Å². The minimum atomic E-state index is -1.27. The molecular formula is C22H7N5O2. The Labute approximate surface area is 173 Å². The summed E-state index contributed by atoms with van der Waals surface area (Å²) in [7, 11) is 0. The van der Waals surface area contributed by atoms with E-state index in [2.05, 4.69) is 57.5 Å². The molecule has 1 amide bonds. The van der Waals surface area contributed by atoms with Gasteiger partial charge in [0.25, 0.3) is 11.9 Å². The quantitative estimate of drug-likeness (QED) is 0.390. The largest absolute Gasteiger partial charge is 0.320 e. The molecule has 1 saturated heterocycles. The van der Waals surface area contributed by atoms with Crippen LogP contribution in [0.4, 0.5) is 0 Å². The zero-order chi connectivity index (χ0) is 21.2. The van der Waals surface area contributed by atoms with Crippen molar-refractivity contribution in [3.8, 4) is 5.75 Å². The van der Waals surface area contributed by atoms with Gasteiger partial charge in [-0.2, -0.15) is 0 Å². The predicted octanol–water partition coefficient (Wildman–Crippen LogP) is 0.706. The van der Waals surface area contributed by atoms with E-state index in [1.807, 2.05) is 13.0 Å². The lowest BCUT2D eigenvalue weighted by atomic mass is 9.55. The van der Waals surface area contributed by atoms with Crippen molar-refractivity contribution in [2.24, 2.45) is 4.99 Å². The molecule has 1 fully saturated rings. The van der Waals surface area contributed by atoms with Crippen LogP contribution in [0.5, 0.6) is 5.75 Å². The molecule has 2 aliphatic rings. The van der Waals surface area contributed by atoms with Crippen LogP contribution in [0.15, 0.2) is 23.2 Å². The first-order valence-corrected chi connectivity index (χ1v) is 7.89. The molecule has 7 nitrogen and oxygen atoms in total. The van der Waals surface area contributed by atoms with Crippen LogP contribution in [0.1, 0.15) is 11.1 Å². The van der Waals surface area contributed by atoms with E-state index in [1.54, 1.807) is 0 Å². The summed E-state index contributed by atoms with van der Waals surface area (Å²) in [6.45, 7) is 11.8. The Kier molecular flexibility index (Phi) is 6.36. The van der Waals surface area contributed by atoms with Crippen LogP contribution in [-0.4, -0.2) is 16.8 Å². The van der Waals surface area contributed by atoms with Crippen molar-refractivity contribution in [2.45, 2.75) is 5.41 Å². The van der Waals surface area contributed by atoms with Gasteiger partial charge in [-0.15, -0.1) is 17.2 Å². The van der Waals surface area contributed by atoms with E-state index in [0.29, 0.717) is 17.0 Å². The SMILES string of the molecule is [CH2][C][C]1[C]2[C]c3ccc([O])cc3C1([C][CH2])[C][C]N2C(=O)[C]([N])[C][C][C]N=C([N])[N]. The first-order chi connectivity index (χ1) is 13.8. The van der Waals surface area contributed by atoms with Crippen molar-refractivity contribution in [3.05, 3.63) is 113 Å². The third kappa shape index (κ3) is 3.92. The molecule has 1 heterocycles. The van der Waals surface area contributed by atoms with Gasteiger partial charge in [-0.05, 0) is 49.9 Å². The summed E-state index contributed by atoms with van der Waals surface area (Å²) < 4.78 is 0. The van der Waals surface area contributed by atoms with Crippen LogP contribution in [0.25, 0.3) is 0 Å². The molecule has 0 N–H and O–H groups in total. The van der Waals surface area contributed by atoms with Gasteiger partial charge in [-0.3, -0.25) is 9.90 Å². The van der Waals surface area contributed by atoms with Crippen molar-refractivity contribution in [3.63, 3.8) is 0 Å². The Morgan fingerprint density at radius 1 is 1.24 bits per heavy atom. The number of hydrogen-bond donors (Lipinski definition) is 0. The Hall–Kier alpha value is -2.28. The van der Waals surface area contributed by atoms with Gasteiger partial charge in [0, 0.05) is 37.0 Å². The highest BCUT2D eigenvalue weighted by atomic mass is 16.3. The molecule has 132 valence electrons. The summed E-state index contributed by atoms with van der Waals surface area (Å²) in [6.07, 6.45) is 15.4. The van der Waals surface area contributed by atoms with Crippen LogP contribution in [-0.2, 0) is 15.3 Å². The van der Waals surface area contributed by atoms with E-state index in [-0.39, 0.29) is 11.8 Å². The van der Waals surface area contributed by atoms with Gasteiger partial charge in [-0.1, -0.05) is 6.07 Å². The van der Waals surface area contributed by atoms with E-state index in [9.17, 15) is 15.6 Å². The highest BCUT2D eigenvalue weighted by molar-refractivity contribution is 5.94. The van der Waals surface area contributed by atoms with E-state index >= 15 is 0 Å². The van der Waals surface area contributed by atoms with Crippen LogP contribution < -0.4 is 17.2 Å². The molecule has 29 heavy (non-hydrogen) atoms. The molecule has 1 unspecified atom stereocenters. The molecule has 0 spiro atoms. The van der Waals surface area contributed by atoms with E-state index in [0.717, 1.165) is 4.90 Å². The summed E-state index contributed by atoms with van der Waals surface area (Å²) in [5, 5.41) is 11.8. The van der Waals surface area contributed by atoms with Gasteiger partial charge in [0.15, 0.2) is 11.8 Å². The van der Waals surface area contributed by atoms with Crippen LogP contribution in [0, 0.1) is 83.5 Å². The second-order valence-corrected chi connectivity index (χ2v) is 5.66. The van der Waals surface area contributed by atoms with Crippen molar-refractivity contribution >= 4 is 11.9 Å². The number of benzene rings is 1. The maximum Gasteiger partial charge on any atom is 0.284 e. The molecule has 28 radical (unpaired) electrons. The molecule has 1 aromatic carbocycles. The van der Waals surface area contributed by atoms with Gasteiger partial charge in [0.2, 0.25) is 0 Å². The molecule has 1 aliphatic carbocycles. The summed E-state index contributed by atoms with van der Waals surface area (Å²) in [4.78, 5) is 16.5. The van der Waals surface area contributed by atoms with Crippen molar-refractivity contribution in [1.29, 1.82) is 0 Å². The Bertz CT molecular complexity index is 776. The molecule has 0 aromatic heterocycles. The number of carbonyl (C=O) groups is 1. The third-order valence-corrected chi connectivity index (χ3v) is 4.08.